The Bertz CT molecular complexity index is 1050. The zero-order valence-corrected chi connectivity index (χ0v) is 18.5. The number of para-hydroxylation sites is 1. The number of aryl methyl sites for hydroxylation is 1. The largest absolute Gasteiger partial charge is 0.395 e. The lowest BCUT2D eigenvalue weighted by molar-refractivity contribution is 0.188. The fraction of sp³-hybridized carbons (Fsp3) is 0.429. The third kappa shape index (κ3) is 4.79. The van der Waals surface area contributed by atoms with Crippen molar-refractivity contribution in [2.75, 3.05) is 55.3 Å². The number of aliphatic hydroxyl groups is 1. The second-order valence-corrected chi connectivity index (χ2v) is 8.10. The summed E-state index contributed by atoms with van der Waals surface area (Å²) in [5, 5.41) is 14.2. The molecule has 1 aliphatic heterocycles. The van der Waals surface area contributed by atoms with Gasteiger partial charge in [-0.2, -0.15) is 15.0 Å². The number of benzene rings is 1. The molecule has 0 radical (unpaired) electrons. The van der Waals surface area contributed by atoms with Gasteiger partial charge in [0.15, 0.2) is 0 Å². The maximum absolute atomic E-state index is 9.23. The Labute approximate surface area is 186 Å². The summed E-state index contributed by atoms with van der Waals surface area (Å²) >= 11 is 6.46. The topological polar surface area (TPSA) is 116 Å². The smallest absolute Gasteiger partial charge is 0.228 e. The number of hydrogen-bond donors (Lipinski definition) is 3. The molecule has 10 heteroatoms. The average Bonchev–Trinajstić information content (AvgIpc) is 2.73. The number of aromatic nitrogens is 4. The van der Waals surface area contributed by atoms with E-state index in [1.54, 1.807) is 6.92 Å². The highest BCUT2D eigenvalue weighted by atomic mass is 35.5. The summed E-state index contributed by atoms with van der Waals surface area (Å²) in [6.45, 7) is 8.07. The van der Waals surface area contributed by atoms with Gasteiger partial charge >= 0.3 is 0 Å². The van der Waals surface area contributed by atoms with Crippen molar-refractivity contribution >= 4 is 40.2 Å². The fourth-order valence-electron chi connectivity index (χ4n) is 3.90. The SMILES string of the molecule is Cc1nc(N)nc(NC(C)c2cc3cccc(Cl)c3nc2N2CCN(CCO)CC2)n1. The summed E-state index contributed by atoms with van der Waals surface area (Å²) in [6, 6.07) is 7.80. The highest BCUT2D eigenvalue weighted by molar-refractivity contribution is 6.35. The van der Waals surface area contributed by atoms with Crippen LogP contribution in [0.15, 0.2) is 24.3 Å². The highest BCUT2D eigenvalue weighted by Gasteiger charge is 2.24. The average molecular weight is 443 g/mol. The number of hydrogen-bond acceptors (Lipinski definition) is 9. The van der Waals surface area contributed by atoms with Gasteiger partial charge < -0.3 is 21.1 Å². The molecule has 0 amide bonds. The summed E-state index contributed by atoms with van der Waals surface area (Å²) in [5.74, 6) is 2.07. The van der Waals surface area contributed by atoms with Crippen LogP contribution in [0, 0.1) is 6.92 Å². The standard InChI is InChI=1S/C21H27ClN8O/c1-13(24-21-26-14(2)25-20(23)28-21)16-12-15-4-3-5-17(22)18(15)27-19(16)30-8-6-29(7-9-30)10-11-31/h3-5,12-13,31H,6-11H2,1-2H3,(H3,23,24,25,26,28). The maximum atomic E-state index is 9.23. The number of nitrogen functional groups attached to an aromatic ring is 1. The van der Waals surface area contributed by atoms with Crippen LogP contribution < -0.4 is 16.0 Å². The predicted octanol–water partition coefficient (Wildman–Crippen LogP) is 2.25. The Hall–Kier alpha value is -2.75. The minimum absolute atomic E-state index is 0.123. The molecule has 3 aromatic rings. The number of fused-ring (bicyclic) bond motifs is 1. The number of rotatable bonds is 6. The van der Waals surface area contributed by atoms with E-state index in [1.807, 2.05) is 25.1 Å². The summed E-state index contributed by atoms with van der Waals surface area (Å²) < 4.78 is 0. The van der Waals surface area contributed by atoms with E-state index in [4.69, 9.17) is 22.3 Å². The molecule has 0 saturated carbocycles. The molecule has 4 N–H and O–H groups in total. The van der Waals surface area contributed by atoms with Crippen LogP contribution in [-0.2, 0) is 0 Å². The van der Waals surface area contributed by atoms with Crippen LogP contribution in [0.4, 0.5) is 17.7 Å². The van der Waals surface area contributed by atoms with E-state index in [1.165, 1.54) is 0 Å². The Morgan fingerprint density at radius 3 is 2.65 bits per heavy atom. The molecule has 1 aliphatic rings. The Morgan fingerprint density at radius 1 is 1.16 bits per heavy atom. The third-order valence-corrected chi connectivity index (χ3v) is 5.77. The molecule has 4 rings (SSSR count). The minimum Gasteiger partial charge on any atom is -0.395 e. The monoisotopic (exact) mass is 442 g/mol. The van der Waals surface area contributed by atoms with Gasteiger partial charge in [-0.3, -0.25) is 4.90 Å². The van der Waals surface area contributed by atoms with Crippen molar-refractivity contribution in [1.82, 2.24) is 24.8 Å². The van der Waals surface area contributed by atoms with E-state index in [0.29, 0.717) is 23.3 Å². The third-order valence-electron chi connectivity index (χ3n) is 5.47. The van der Waals surface area contributed by atoms with Gasteiger partial charge in [0, 0.05) is 43.7 Å². The summed E-state index contributed by atoms with van der Waals surface area (Å²) in [4.78, 5) is 22.1. The van der Waals surface area contributed by atoms with Crippen molar-refractivity contribution < 1.29 is 5.11 Å². The summed E-state index contributed by atoms with van der Waals surface area (Å²) in [6.07, 6.45) is 0. The van der Waals surface area contributed by atoms with Gasteiger partial charge in [0.1, 0.15) is 11.6 Å². The van der Waals surface area contributed by atoms with E-state index in [2.05, 4.69) is 36.1 Å². The molecule has 164 valence electrons. The van der Waals surface area contributed by atoms with Gasteiger partial charge in [-0.15, -0.1) is 0 Å². The number of halogens is 1. The normalized spacial score (nSPS) is 15.9. The van der Waals surface area contributed by atoms with E-state index >= 15 is 0 Å². The first-order chi connectivity index (χ1) is 14.9. The quantitative estimate of drug-likeness (QED) is 0.528. The van der Waals surface area contributed by atoms with Gasteiger partial charge in [-0.05, 0) is 26.0 Å². The number of nitrogens with one attached hydrogen (secondary N) is 1. The Kier molecular flexibility index (Phi) is 6.35. The van der Waals surface area contributed by atoms with Crippen molar-refractivity contribution in [3.8, 4) is 0 Å². The number of anilines is 3. The lowest BCUT2D eigenvalue weighted by Gasteiger charge is -2.36. The first kappa shape index (κ1) is 21.5. The zero-order valence-electron chi connectivity index (χ0n) is 17.7. The number of nitrogens with two attached hydrogens (primary N) is 1. The highest BCUT2D eigenvalue weighted by Crippen LogP contribution is 2.33. The van der Waals surface area contributed by atoms with Crippen LogP contribution in [0.5, 0.6) is 0 Å². The van der Waals surface area contributed by atoms with Gasteiger partial charge in [0.25, 0.3) is 0 Å². The van der Waals surface area contributed by atoms with Crippen LogP contribution in [-0.4, -0.2) is 69.3 Å². The molecule has 0 bridgehead atoms. The lowest BCUT2D eigenvalue weighted by atomic mass is 10.0. The summed E-state index contributed by atoms with van der Waals surface area (Å²) in [5.41, 5.74) is 7.60. The molecule has 1 aromatic carbocycles. The molecule has 9 nitrogen and oxygen atoms in total. The van der Waals surface area contributed by atoms with Crippen LogP contribution in [0.1, 0.15) is 24.4 Å². The molecule has 1 saturated heterocycles. The van der Waals surface area contributed by atoms with Crippen molar-refractivity contribution in [1.29, 1.82) is 0 Å². The molecule has 3 heterocycles. The molecule has 1 unspecified atom stereocenters. The van der Waals surface area contributed by atoms with E-state index in [0.717, 1.165) is 48.5 Å². The van der Waals surface area contributed by atoms with Crippen LogP contribution in [0.2, 0.25) is 5.02 Å². The number of β-amino-alcohol motifs (C(OH)–C–C–N with tert-alkyl or cyclic N) is 1. The van der Waals surface area contributed by atoms with Gasteiger partial charge in [0.05, 0.1) is 23.2 Å². The fourth-order valence-corrected chi connectivity index (χ4v) is 4.13. The maximum Gasteiger partial charge on any atom is 0.228 e. The molecule has 31 heavy (non-hydrogen) atoms. The van der Waals surface area contributed by atoms with E-state index < -0.39 is 0 Å². The summed E-state index contributed by atoms with van der Waals surface area (Å²) in [7, 11) is 0. The lowest BCUT2D eigenvalue weighted by Crippen LogP contribution is -2.47. The second kappa shape index (κ2) is 9.17. The molecule has 1 fully saturated rings. The van der Waals surface area contributed by atoms with Crippen LogP contribution in [0.25, 0.3) is 10.9 Å². The Balaban J connectivity index is 1.69. The van der Waals surface area contributed by atoms with Crippen molar-refractivity contribution in [2.45, 2.75) is 19.9 Å². The molecule has 0 spiro atoms. The van der Waals surface area contributed by atoms with E-state index in [9.17, 15) is 5.11 Å². The van der Waals surface area contributed by atoms with Crippen LogP contribution >= 0.6 is 11.6 Å². The number of pyridine rings is 1. The molecule has 0 aliphatic carbocycles. The molecule has 2 aromatic heterocycles. The van der Waals surface area contributed by atoms with E-state index in [-0.39, 0.29) is 18.6 Å². The zero-order chi connectivity index (χ0) is 22.0. The minimum atomic E-state index is -0.123. The van der Waals surface area contributed by atoms with Gasteiger partial charge in [-0.25, -0.2) is 4.98 Å². The predicted molar refractivity (Wildman–Crippen MR) is 124 cm³/mol. The van der Waals surface area contributed by atoms with Crippen molar-refractivity contribution in [3.63, 3.8) is 0 Å². The molecule has 1 atom stereocenters. The van der Waals surface area contributed by atoms with Crippen molar-refractivity contribution in [2.24, 2.45) is 0 Å². The second-order valence-electron chi connectivity index (χ2n) is 7.70. The van der Waals surface area contributed by atoms with Crippen molar-refractivity contribution in [3.05, 3.63) is 40.7 Å². The number of aliphatic hydroxyl groups excluding tert-OH is 1. The first-order valence-corrected chi connectivity index (χ1v) is 10.7. The van der Waals surface area contributed by atoms with Gasteiger partial charge in [-0.1, -0.05) is 23.7 Å². The molecular weight excluding hydrogens is 416 g/mol. The first-order valence-electron chi connectivity index (χ1n) is 10.4. The van der Waals surface area contributed by atoms with Gasteiger partial charge in [0.2, 0.25) is 11.9 Å². The Morgan fingerprint density at radius 2 is 1.94 bits per heavy atom. The molecular formula is C21H27ClN8O. The van der Waals surface area contributed by atoms with Crippen LogP contribution in [0.3, 0.4) is 0 Å². The number of piperazine rings is 1. The number of nitrogens with zero attached hydrogens (tertiary/aromatic N) is 6.